The largest absolute Gasteiger partial charge is 0.678 e. The van der Waals surface area contributed by atoms with Crippen molar-refractivity contribution in [3.8, 4) is 0 Å². The fourth-order valence-electron chi connectivity index (χ4n) is 0.866. The normalized spacial score (nSPS) is 10.9. The number of rotatable bonds is 3. The van der Waals surface area contributed by atoms with Crippen LogP contribution < -0.4 is 0 Å². The summed E-state index contributed by atoms with van der Waals surface area (Å²) in [5, 5.41) is 8.68. The Balaban J connectivity index is -0.0000000675. The monoisotopic (exact) mass is 277 g/mol. The topological polar surface area (TPSA) is 28.2 Å². The maximum Gasteiger partial charge on any atom is 0 e. The first kappa shape index (κ1) is 29.3. The van der Waals surface area contributed by atoms with Crippen molar-refractivity contribution < 1.29 is 26.2 Å². The molecule has 90 valence electrons. The Labute approximate surface area is 112 Å². The minimum Gasteiger partial charge on any atom is -0.678 e. The predicted octanol–water partition coefficient (Wildman–Crippen LogP) is 4.25. The van der Waals surface area contributed by atoms with Gasteiger partial charge >= 0.3 is 0 Å². The molecule has 0 aliphatic rings. The van der Waals surface area contributed by atoms with Crippen molar-refractivity contribution in [2.24, 2.45) is 0 Å². The van der Waals surface area contributed by atoms with Crippen LogP contribution in [0.1, 0.15) is 34.6 Å². The second-order valence-corrected chi connectivity index (χ2v) is 3.43. The summed E-state index contributed by atoms with van der Waals surface area (Å²) in [5.74, 6) is 0. The van der Waals surface area contributed by atoms with Gasteiger partial charge in [0.05, 0.1) is 0 Å². The van der Waals surface area contributed by atoms with Crippen molar-refractivity contribution in [2.75, 3.05) is 6.54 Å². The van der Waals surface area contributed by atoms with Gasteiger partial charge in [-0.05, 0) is 0 Å². The van der Waals surface area contributed by atoms with Crippen LogP contribution in [0.5, 0.6) is 0 Å². The van der Waals surface area contributed by atoms with Crippen molar-refractivity contribution >= 4 is 0 Å². The van der Waals surface area contributed by atoms with Gasteiger partial charge in [0, 0.05) is 26.2 Å². The average Bonchev–Trinajstić information content (AvgIpc) is 1.59. The van der Waals surface area contributed by atoms with E-state index in [1.807, 2.05) is 13.8 Å². The zero-order chi connectivity index (χ0) is 8.20. The standard InChI is InChI=1S/C8H18N2.3CH3.Zr/c1-6-9-7(2)10-8(3,4)5;;;;/h7H,6H2,1-5H3;3*1H3;/q-2;3*-1;. The minimum absolute atomic E-state index is 0. The van der Waals surface area contributed by atoms with Crippen LogP contribution in [-0.4, -0.2) is 18.2 Å². The molecule has 0 fully saturated rings. The number of nitrogens with zero attached hydrogens (tertiary/aromatic N) is 2. The molecular weight excluding hydrogens is 251 g/mol. The van der Waals surface area contributed by atoms with E-state index in [2.05, 4.69) is 31.4 Å². The summed E-state index contributed by atoms with van der Waals surface area (Å²) in [6.07, 6.45) is 0.157. The van der Waals surface area contributed by atoms with Crippen LogP contribution in [0.15, 0.2) is 0 Å². The molecule has 0 amide bonds. The zero-order valence-corrected chi connectivity index (χ0v) is 13.6. The molecule has 0 aliphatic carbocycles. The van der Waals surface area contributed by atoms with E-state index in [1.54, 1.807) is 0 Å². The summed E-state index contributed by atoms with van der Waals surface area (Å²) >= 11 is 0. The Bertz CT molecular complexity index is 89.8. The van der Waals surface area contributed by atoms with Gasteiger partial charge in [0.1, 0.15) is 0 Å². The van der Waals surface area contributed by atoms with Crippen LogP contribution >= 0.6 is 0 Å². The molecule has 2 nitrogen and oxygen atoms in total. The predicted molar refractivity (Wildman–Crippen MR) is 65.7 cm³/mol. The third kappa shape index (κ3) is 23.0. The van der Waals surface area contributed by atoms with Gasteiger partial charge in [-0.3, -0.25) is 0 Å². The molecule has 0 aromatic heterocycles. The molecule has 0 bridgehead atoms. The summed E-state index contributed by atoms with van der Waals surface area (Å²) in [4.78, 5) is 0. The molecule has 0 spiro atoms. The Kier molecular flexibility index (Phi) is 28.9. The molecule has 1 atom stereocenters. The Morgan fingerprint density at radius 1 is 1.07 bits per heavy atom. The van der Waals surface area contributed by atoms with Gasteiger partial charge in [-0.15, -0.1) is 12.5 Å². The molecule has 0 aromatic rings. The van der Waals surface area contributed by atoms with E-state index in [0.29, 0.717) is 0 Å². The molecule has 0 aromatic carbocycles. The summed E-state index contributed by atoms with van der Waals surface area (Å²) in [6.45, 7) is 11.2. The fourth-order valence-corrected chi connectivity index (χ4v) is 0.866. The molecule has 0 radical (unpaired) electrons. The van der Waals surface area contributed by atoms with Crippen LogP contribution in [-0.2, 0) is 26.2 Å². The maximum absolute atomic E-state index is 4.43. The van der Waals surface area contributed by atoms with Gasteiger partial charge < -0.3 is 32.9 Å². The quantitative estimate of drug-likeness (QED) is 0.691. The molecule has 3 heteroatoms. The minimum atomic E-state index is 0. The van der Waals surface area contributed by atoms with E-state index in [4.69, 9.17) is 0 Å². The van der Waals surface area contributed by atoms with Gasteiger partial charge in [0.15, 0.2) is 0 Å². The molecule has 0 aliphatic heterocycles. The Hall–Kier alpha value is 0.803. The molecular formula is C11H27N2Zr-5. The van der Waals surface area contributed by atoms with Crippen LogP contribution in [0.4, 0.5) is 0 Å². The first-order valence-electron chi connectivity index (χ1n) is 3.84. The van der Waals surface area contributed by atoms with E-state index in [9.17, 15) is 0 Å². The molecule has 0 N–H and O–H groups in total. The Morgan fingerprint density at radius 3 is 1.64 bits per heavy atom. The maximum atomic E-state index is 4.43. The molecule has 14 heavy (non-hydrogen) atoms. The number of hydrogen-bond acceptors (Lipinski definition) is 0. The smallest absolute Gasteiger partial charge is 0 e. The zero-order valence-electron chi connectivity index (χ0n) is 11.2. The first-order chi connectivity index (χ1) is 4.45. The third-order valence-corrected chi connectivity index (χ3v) is 1.02. The first-order valence-corrected chi connectivity index (χ1v) is 3.84. The van der Waals surface area contributed by atoms with E-state index in [1.165, 1.54) is 0 Å². The van der Waals surface area contributed by atoms with Gasteiger partial charge in [0.2, 0.25) is 0 Å². The van der Waals surface area contributed by atoms with Gasteiger partial charge in [-0.25, -0.2) is 6.17 Å². The van der Waals surface area contributed by atoms with Gasteiger partial charge in [-0.2, -0.15) is 6.54 Å². The average molecular weight is 279 g/mol. The molecule has 0 rings (SSSR count). The van der Waals surface area contributed by atoms with Crippen molar-refractivity contribution in [3.63, 3.8) is 0 Å². The molecule has 0 heterocycles. The summed E-state index contributed by atoms with van der Waals surface area (Å²) in [5.41, 5.74) is 0.0537. The third-order valence-electron chi connectivity index (χ3n) is 1.02. The molecule has 0 saturated carbocycles. The number of hydrogen-bond donors (Lipinski definition) is 0. The van der Waals surface area contributed by atoms with Gasteiger partial charge in [0.25, 0.3) is 0 Å². The van der Waals surface area contributed by atoms with E-state index in [-0.39, 0.29) is 60.2 Å². The van der Waals surface area contributed by atoms with Crippen molar-refractivity contribution in [1.29, 1.82) is 0 Å². The van der Waals surface area contributed by atoms with E-state index < -0.39 is 0 Å². The van der Waals surface area contributed by atoms with Crippen molar-refractivity contribution in [2.45, 2.75) is 46.3 Å². The fraction of sp³-hybridized carbons (Fsp3) is 0.727. The summed E-state index contributed by atoms with van der Waals surface area (Å²) in [7, 11) is 0. The molecule has 0 saturated heterocycles. The van der Waals surface area contributed by atoms with Crippen molar-refractivity contribution in [3.05, 3.63) is 32.9 Å². The second kappa shape index (κ2) is 13.8. The van der Waals surface area contributed by atoms with E-state index >= 15 is 0 Å². The van der Waals surface area contributed by atoms with Crippen LogP contribution in [0, 0.1) is 22.3 Å². The van der Waals surface area contributed by atoms with Gasteiger partial charge in [-0.1, -0.05) is 27.7 Å². The van der Waals surface area contributed by atoms with Crippen LogP contribution in [0.2, 0.25) is 0 Å². The SMILES string of the molecule is CC[N-]C(C)[N-]C(C)(C)C.[CH3-].[CH3-].[CH3-].[Zr]. The second-order valence-electron chi connectivity index (χ2n) is 3.43. The Morgan fingerprint density at radius 2 is 1.43 bits per heavy atom. The van der Waals surface area contributed by atoms with Crippen molar-refractivity contribution in [1.82, 2.24) is 0 Å². The van der Waals surface area contributed by atoms with Crippen LogP contribution in [0.25, 0.3) is 10.6 Å². The van der Waals surface area contributed by atoms with Crippen LogP contribution in [0.3, 0.4) is 0 Å². The summed E-state index contributed by atoms with van der Waals surface area (Å²) in [6, 6.07) is 0. The summed E-state index contributed by atoms with van der Waals surface area (Å²) < 4.78 is 0. The van der Waals surface area contributed by atoms with E-state index in [0.717, 1.165) is 6.54 Å². The molecule has 1 unspecified atom stereocenters.